The largest absolute Gasteiger partial charge is 0.310 e. The molecule has 2 unspecified atom stereocenters. The fourth-order valence-electron chi connectivity index (χ4n) is 3.77. The average Bonchev–Trinajstić information content (AvgIpc) is 2.78. The van der Waals surface area contributed by atoms with Crippen LogP contribution >= 0.6 is 0 Å². The Hall–Kier alpha value is -0.0800. The van der Waals surface area contributed by atoms with Crippen molar-refractivity contribution in [3.63, 3.8) is 0 Å². The van der Waals surface area contributed by atoms with Gasteiger partial charge in [0, 0.05) is 31.2 Å². The third-order valence-electron chi connectivity index (χ3n) is 4.91. The van der Waals surface area contributed by atoms with Crippen molar-refractivity contribution in [2.75, 3.05) is 13.1 Å². The van der Waals surface area contributed by atoms with Crippen molar-refractivity contribution in [2.45, 2.75) is 70.5 Å². The summed E-state index contributed by atoms with van der Waals surface area (Å²) in [5.74, 6) is 0. The SMILES string of the molecule is CC1(C)CCCC1N1CCC(NC2CC2)C1. The molecule has 92 valence electrons. The van der Waals surface area contributed by atoms with Crippen LogP contribution in [0, 0.1) is 5.41 Å². The van der Waals surface area contributed by atoms with Crippen LogP contribution in [0.15, 0.2) is 0 Å². The first kappa shape index (κ1) is 11.0. The van der Waals surface area contributed by atoms with Crippen molar-refractivity contribution >= 4 is 0 Å². The minimum Gasteiger partial charge on any atom is -0.310 e. The minimum atomic E-state index is 0.564. The van der Waals surface area contributed by atoms with E-state index >= 15 is 0 Å². The van der Waals surface area contributed by atoms with Crippen molar-refractivity contribution in [3.8, 4) is 0 Å². The number of hydrogen-bond donors (Lipinski definition) is 1. The molecule has 0 aromatic carbocycles. The first-order valence-electron chi connectivity index (χ1n) is 7.15. The van der Waals surface area contributed by atoms with Crippen LogP contribution in [0.2, 0.25) is 0 Å². The zero-order chi connectivity index (χ0) is 11.2. The summed E-state index contributed by atoms with van der Waals surface area (Å²) in [5, 5.41) is 3.79. The van der Waals surface area contributed by atoms with Gasteiger partial charge in [0.15, 0.2) is 0 Å². The van der Waals surface area contributed by atoms with E-state index in [4.69, 9.17) is 0 Å². The molecule has 1 N–H and O–H groups in total. The van der Waals surface area contributed by atoms with Gasteiger partial charge in [-0.15, -0.1) is 0 Å². The number of hydrogen-bond acceptors (Lipinski definition) is 2. The zero-order valence-corrected chi connectivity index (χ0v) is 10.8. The second kappa shape index (κ2) is 3.99. The highest BCUT2D eigenvalue weighted by atomic mass is 15.2. The zero-order valence-electron chi connectivity index (χ0n) is 10.8. The van der Waals surface area contributed by atoms with Gasteiger partial charge < -0.3 is 5.32 Å². The minimum absolute atomic E-state index is 0.564. The Morgan fingerprint density at radius 3 is 2.50 bits per heavy atom. The molecule has 0 aromatic rings. The first-order valence-corrected chi connectivity index (χ1v) is 7.15. The van der Waals surface area contributed by atoms with Gasteiger partial charge in [-0.2, -0.15) is 0 Å². The van der Waals surface area contributed by atoms with Crippen LogP contribution in [0.4, 0.5) is 0 Å². The third-order valence-corrected chi connectivity index (χ3v) is 4.91. The second-order valence-corrected chi connectivity index (χ2v) is 6.82. The Morgan fingerprint density at radius 2 is 1.88 bits per heavy atom. The predicted molar refractivity (Wildman–Crippen MR) is 67.6 cm³/mol. The van der Waals surface area contributed by atoms with Crippen LogP contribution in [-0.4, -0.2) is 36.1 Å². The van der Waals surface area contributed by atoms with Gasteiger partial charge >= 0.3 is 0 Å². The fourth-order valence-corrected chi connectivity index (χ4v) is 3.77. The molecule has 0 spiro atoms. The molecule has 1 aliphatic heterocycles. The molecule has 0 amide bonds. The normalized spacial score (nSPS) is 39.4. The van der Waals surface area contributed by atoms with Crippen LogP contribution in [0.25, 0.3) is 0 Å². The monoisotopic (exact) mass is 222 g/mol. The van der Waals surface area contributed by atoms with Gasteiger partial charge in [-0.1, -0.05) is 20.3 Å². The molecule has 3 rings (SSSR count). The first-order chi connectivity index (χ1) is 7.65. The van der Waals surface area contributed by atoms with Crippen molar-refractivity contribution in [3.05, 3.63) is 0 Å². The summed E-state index contributed by atoms with van der Waals surface area (Å²) < 4.78 is 0. The van der Waals surface area contributed by atoms with E-state index in [1.54, 1.807) is 0 Å². The van der Waals surface area contributed by atoms with E-state index < -0.39 is 0 Å². The van der Waals surface area contributed by atoms with Gasteiger partial charge in [-0.3, -0.25) is 4.90 Å². The molecular weight excluding hydrogens is 196 g/mol. The van der Waals surface area contributed by atoms with E-state index in [9.17, 15) is 0 Å². The lowest BCUT2D eigenvalue weighted by Crippen LogP contribution is -2.42. The number of rotatable bonds is 3. The Morgan fingerprint density at radius 1 is 1.06 bits per heavy atom. The Labute approximate surface area is 99.8 Å². The highest BCUT2D eigenvalue weighted by molar-refractivity contribution is 4.97. The molecule has 3 aliphatic rings. The van der Waals surface area contributed by atoms with Gasteiger partial charge in [-0.25, -0.2) is 0 Å². The van der Waals surface area contributed by atoms with Crippen molar-refractivity contribution in [1.29, 1.82) is 0 Å². The molecule has 2 heteroatoms. The van der Waals surface area contributed by atoms with Gasteiger partial charge in [0.05, 0.1) is 0 Å². The van der Waals surface area contributed by atoms with Crippen LogP contribution in [0.1, 0.15) is 52.4 Å². The molecule has 0 bridgehead atoms. The van der Waals surface area contributed by atoms with Crippen molar-refractivity contribution in [2.24, 2.45) is 5.41 Å². The summed E-state index contributed by atoms with van der Waals surface area (Å²) >= 11 is 0. The lowest BCUT2D eigenvalue weighted by Gasteiger charge is -2.35. The van der Waals surface area contributed by atoms with E-state index in [1.807, 2.05) is 0 Å². The molecule has 2 aliphatic carbocycles. The molecule has 2 saturated carbocycles. The Bertz CT molecular complexity index is 257. The molecular formula is C14H26N2. The van der Waals surface area contributed by atoms with E-state index in [0.29, 0.717) is 5.41 Å². The van der Waals surface area contributed by atoms with Crippen LogP contribution in [-0.2, 0) is 0 Å². The second-order valence-electron chi connectivity index (χ2n) is 6.82. The lowest BCUT2D eigenvalue weighted by molar-refractivity contribution is 0.137. The van der Waals surface area contributed by atoms with Gasteiger partial charge in [0.2, 0.25) is 0 Å². The van der Waals surface area contributed by atoms with Gasteiger partial charge in [0.1, 0.15) is 0 Å². The Kier molecular flexibility index (Phi) is 2.75. The summed E-state index contributed by atoms with van der Waals surface area (Å²) in [6, 6.07) is 2.53. The van der Waals surface area contributed by atoms with Crippen LogP contribution in [0.5, 0.6) is 0 Å². The van der Waals surface area contributed by atoms with E-state index in [0.717, 1.165) is 18.1 Å². The molecule has 1 heterocycles. The van der Waals surface area contributed by atoms with Crippen LogP contribution < -0.4 is 5.32 Å². The molecule has 2 atom stereocenters. The smallest absolute Gasteiger partial charge is 0.0209 e. The Balaban J connectivity index is 1.56. The number of likely N-dealkylation sites (tertiary alicyclic amines) is 1. The van der Waals surface area contributed by atoms with Gasteiger partial charge in [-0.05, 0) is 37.5 Å². The van der Waals surface area contributed by atoms with Crippen LogP contribution in [0.3, 0.4) is 0 Å². The molecule has 16 heavy (non-hydrogen) atoms. The molecule has 3 fully saturated rings. The molecule has 0 radical (unpaired) electrons. The molecule has 1 saturated heterocycles. The molecule has 2 nitrogen and oxygen atoms in total. The standard InChI is InChI=1S/C14H26N2/c1-14(2)8-3-4-13(14)16-9-7-12(10-16)15-11-5-6-11/h11-13,15H,3-10H2,1-2H3. The van der Waals surface area contributed by atoms with E-state index in [2.05, 4.69) is 24.1 Å². The van der Waals surface area contributed by atoms with E-state index in [-0.39, 0.29) is 0 Å². The average molecular weight is 222 g/mol. The quantitative estimate of drug-likeness (QED) is 0.789. The lowest BCUT2D eigenvalue weighted by atomic mass is 9.86. The predicted octanol–water partition coefficient (Wildman–Crippen LogP) is 2.39. The topological polar surface area (TPSA) is 15.3 Å². The van der Waals surface area contributed by atoms with Crippen molar-refractivity contribution in [1.82, 2.24) is 10.2 Å². The molecule has 0 aromatic heterocycles. The summed E-state index contributed by atoms with van der Waals surface area (Å²) in [5.41, 5.74) is 0.564. The summed E-state index contributed by atoms with van der Waals surface area (Å²) in [6.07, 6.45) is 8.52. The number of nitrogens with one attached hydrogen (secondary N) is 1. The maximum Gasteiger partial charge on any atom is 0.0209 e. The maximum absolute atomic E-state index is 3.79. The van der Waals surface area contributed by atoms with Crippen molar-refractivity contribution < 1.29 is 0 Å². The summed E-state index contributed by atoms with van der Waals surface area (Å²) in [6.45, 7) is 7.57. The fraction of sp³-hybridized carbons (Fsp3) is 1.00. The maximum atomic E-state index is 3.79. The highest BCUT2D eigenvalue weighted by Gasteiger charge is 2.41. The highest BCUT2D eigenvalue weighted by Crippen LogP contribution is 2.41. The summed E-state index contributed by atoms with van der Waals surface area (Å²) in [7, 11) is 0. The third kappa shape index (κ3) is 2.14. The number of nitrogens with zero attached hydrogens (tertiary/aromatic N) is 1. The summed E-state index contributed by atoms with van der Waals surface area (Å²) in [4.78, 5) is 2.77. The van der Waals surface area contributed by atoms with E-state index in [1.165, 1.54) is 51.6 Å². The van der Waals surface area contributed by atoms with Gasteiger partial charge in [0.25, 0.3) is 0 Å².